The number of hydrogen-bond donors (Lipinski definition) is 0. The zero-order valence-electron chi connectivity index (χ0n) is 10.6. The van der Waals surface area contributed by atoms with E-state index in [0.717, 1.165) is 10.9 Å². The molecule has 0 bridgehead atoms. The summed E-state index contributed by atoms with van der Waals surface area (Å²) in [6.45, 7) is 1.96. The Bertz CT molecular complexity index is 820. The number of rotatable bonds is 2. The fraction of sp³-hybridized carbons (Fsp3) is 0.0625. The van der Waals surface area contributed by atoms with Gasteiger partial charge in [0.2, 0.25) is 5.78 Å². The molecule has 0 aliphatic carbocycles. The Hall–Kier alpha value is -1.94. The molecule has 3 rings (SSSR count). The van der Waals surface area contributed by atoms with E-state index in [1.54, 1.807) is 24.3 Å². The molecule has 0 atom stereocenters. The predicted octanol–water partition coefficient (Wildman–Crippen LogP) is 4.87. The number of hydrogen-bond acceptors (Lipinski definition) is 2. The molecule has 3 aromatic rings. The molecule has 0 fully saturated rings. The van der Waals surface area contributed by atoms with E-state index in [0.29, 0.717) is 5.58 Å². The van der Waals surface area contributed by atoms with Crippen LogP contribution in [0.2, 0.25) is 0 Å². The number of benzene rings is 2. The average molecular weight is 333 g/mol. The van der Waals surface area contributed by atoms with Gasteiger partial charge in [-0.1, -0.05) is 17.7 Å². The number of aryl methyl sites for hydroxylation is 1. The molecule has 2 aromatic carbocycles. The van der Waals surface area contributed by atoms with E-state index in [-0.39, 0.29) is 15.8 Å². The Morgan fingerprint density at radius 3 is 2.80 bits per heavy atom. The third-order valence-electron chi connectivity index (χ3n) is 3.09. The van der Waals surface area contributed by atoms with Crippen LogP contribution in [0, 0.1) is 12.7 Å². The van der Waals surface area contributed by atoms with Gasteiger partial charge in [-0.2, -0.15) is 0 Å². The van der Waals surface area contributed by atoms with Crippen molar-refractivity contribution in [2.75, 3.05) is 0 Å². The summed E-state index contributed by atoms with van der Waals surface area (Å²) in [4.78, 5) is 12.3. The van der Waals surface area contributed by atoms with Gasteiger partial charge >= 0.3 is 0 Å². The molecule has 0 N–H and O–H groups in total. The van der Waals surface area contributed by atoms with E-state index in [9.17, 15) is 9.18 Å². The summed E-state index contributed by atoms with van der Waals surface area (Å²) in [5, 5.41) is 0.837. The van der Waals surface area contributed by atoms with Gasteiger partial charge in [-0.3, -0.25) is 4.79 Å². The molecular weight excluding hydrogens is 323 g/mol. The zero-order chi connectivity index (χ0) is 14.3. The van der Waals surface area contributed by atoms with Gasteiger partial charge in [0.1, 0.15) is 11.4 Å². The van der Waals surface area contributed by atoms with Crippen LogP contribution >= 0.6 is 15.9 Å². The van der Waals surface area contributed by atoms with Gasteiger partial charge in [0, 0.05) is 5.39 Å². The molecule has 100 valence electrons. The zero-order valence-corrected chi connectivity index (χ0v) is 12.2. The van der Waals surface area contributed by atoms with Crippen LogP contribution in [-0.4, -0.2) is 5.78 Å². The van der Waals surface area contributed by atoms with Crippen molar-refractivity contribution in [3.05, 3.63) is 69.6 Å². The summed E-state index contributed by atoms with van der Waals surface area (Å²) < 4.78 is 19.7. The van der Waals surface area contributed by atoms with Crippen LogP contribution in [0.25, 0.3) is 11.0 Å². The largest absolute Gasteiger partial charge is 0.453 e. The molecule has 4 heteroatoms. The first-order valence-corrected chi connectivity index (χ1v) is 6.84. The second-order valence-corrected chi connectivity index (χ2v) is 5.44. The number of carbonyl (C=O) groups is 1. The van der Waals surface area contributed by atoms with Crippen molar-refractivity contribution in [2.45, 2.75) is 6.92 Å². The SMILES string of the molecule is Cc1ccc2oc(C(=O)c3cccc(Br)c3F)cc2c1. The molecule has 0 spiro atoms. The van der Waals surface area contributed by atoms with Crippen molar-refractivity contribution in [3.63, 3.8) is 0 Å². The number of carbonyl (C=O) groups excluding carboxylic acids is 1. The Morgan fingerprint density at radius 2 is 2.00 bits per heavy atom. The van der Waals surface area contributed by atoms with Crippen LogP contribution in [0.15, 0.2) is 51.4 Å². The van der Waals surface area contributed by atoms with Gasteiger partial charge < -0.3 is 4.42 Å². The molecule has 2 nitrogen and oxygen atoms in total. The first kappa shape index (κ1) is 13.1. The van der Waals surface area contributed by atoms with Crippen LogP contribution in [0.3, 0.4) is 0 Å². The Labute approximate surface area is 123 Å². The molecule has 0 saturated heterocycles. The predicted molar refractivity (Wildman–Crippen MR) is 78.5 cm³/mol. The second-order valence-electron chi connectivity index (χ2n) is 4.58. The van der Waals surface area contributed by atoms with E-state index in [4.69, 9.17) is 4.42 Å². The van der Waals surface area contributed by atoms with E-state index in [2.05, 4.69) is 15.9 Å². The van der Waals surface area contributed by atoms with Gasteiger partial charge in [0.25, 0.3) is 0 Å². The lowest BCUT2D eigenvalue weighted by Crippen LogP contribution is -2.03. The van der Waals surface area contributed by atoms with Gasteiger partial charge in [-0.15, -0.1) is 0 Å². The van der Waals surface area contributed by atoms with Gasteiger partial charge in [0.15, 0.2) is 5.76 Å². The normalized spacial score (nSPS) is 10.9. The summed E-state index contributed by atoms with van der Waals surface area (Å²) in [5.41, 5.74) is 1.69. The van der Waals surface area contributed by atoms with Crippen molar-refractivity contribution >= 4 is 32.7 Å². The molecule has 1 aromatic heterocycles. The van der Waals surface area contributed by atoms with Gasteiger partial charge in [-0.25, -0.2) is 4.39 Å². The summed E-state index contributed by atoms with van der Waals surface area (Å²) in [5.74, 6) is -0.894. The Morgan fingerprint density at radius 1 is 1.20 bits per heavy atom. The number of halogens is 2. The highest BCUT2D eigenvalue weighted by molar-refractivity contribution is 9.10. The third kappa shape index (κ3) is 2.16. The molecule has 20 heavy (non-hydrogen) atoms. The number of ketones is 1. The standard InChI is InChI=1S/C16H10BrFO2/c1-9-5-6-13-10(7-9)8-14(20-13)16(19)11-3-2-4-12(17)15(11)18/h2-8H,1H3. The van der Waals surface area contributed by atoms with Crippen molar-refractivity contribution in [2.24, 2.45) is 0 Å². The number of furan rings is 1. The van der Waals surface area contributed by atoms with Crippen LogP contribution in [0.5, 0.6) is 0 Å². The maximum atomic E-state index is 13.9. The summed E-state index contributed by atoms with van der Waals surface area (Å²) >= 11 is 3.07. The molecule has 0 unspecified atom stereocenters. The quantitative estimate of drug-likeness (QED) is 0.626. The van der Waals surface area contributed by atoms with Crippen LogP contribution in [0.4, 0.5) is 4.39 Å². The van der Waals surface area contributed by atoms with E-state index >= 15 is 0 Å². The highest BCUT2D eigenvalue weighted by atomic mass is 79.9. The summed E-state index contributed by atoms with van der Waals surface area (Å²) in [6.07, 6.45) is 0. The minimum absolute atomic E-state index is 0.00449. The molecule has 0 amide bonds. The highest BCUT2D eigenvalue weighted by Gasteiger charge is 2.19. The smallest absolute Gasteiger partial charge is 0.231 e. The Balaban J connectivity index is 2.10. The first-order valence-electron chi connectivity index (χ1n) is 6.05. The monoisotopic (exact) mass is 332 g/mol. The average Bonchev–Trinajstić information content (AvgIpc) is 2.84. The maximum Gasteiger partial charge on any atom is 0.231 e. The highest BCUT2D eigenvalue weighted by Crippen LogP contribution is 2.25. The van der Waals surface area contributed by atoms with Gasteiger partial charge in [0.05, 0.1) is 10.0 Å². The van der Waals surface area contributed by atoms with Crippen molar-refractivity contribution < 1.29 is 13.6 Å². The van der Waals surface area contributed by atoms with Crippen LogP contribution in [0.1, 0.15) is 21.7 Å². The molecule has 0 aliphatic rings. The summed E-state index contributed by atoms with van der Waals surface area (Å²) in [7, 11) is 0. The van der Waals surface area contributed by atoms with Crippen molar-refractivity contribution in [1.29, 1.82) is 0 Å². The lowest BCUT2D eigenvalue weighted by Gasteiger charge is -2.01. The lowest BCUT2D eigenvalue weighted by molar-refractivity contribution is 0.101. The fourth-order valence-electron chi connectivity index (χ4n) is 2.09. The van der Waals surface area contributed by atoms with Crippen LogP contribution < -0.4 is 0 Å². The van der Waals surface area contributed by atoms with E-state index < -0.39 is 11.6 Å². The topological polar surface area (TPSA) is 30.2 Å². The molecule has 0 saturated carbocycles. The minimum Gasteiger partial charge on any atom is -0.453 e. The molecule has 0 radical (unpaired) electrons. The van der Waals surface area contributed by atoms with Crippen molar-refractivity contribution in [3.8, 4) is 0 Å². The fourth-order valence-corrected chi connectivity index (χ4v) is 2.45. The lowest BCUT2D eigenvalue weighted by atomic mass is 10.1. The summed E-state index contributed by atoms with van der Waals surface area (Å²) in [6, 6.07) is 11.9. The first-order chi connectivity index (χ1) is 9.56. The van der Waals surface area contributed by atoms with Gasteiger partial charge in [-0.05, 0) is 53.2 Å². The number of fused-ring (bicyclic) bond motifs is 1. The Kier molecular flexibility index (Phi) is 3.18. The maximum absolute atomic E-state index is 13.9. The molecular formula is C16H10BrFO2. The van der Waals surface area contributed by atoms with E-state index in [1.165, 1.54) is 6.07 Å². The minimum atomic E-state index is -0.575. The molecule has 1 heterocycles. The van der Waals surface area contributed by atoms with Crippen molar-refractivity contribution in [1.82, 2.24) is 0 Å². The van der Waals surface area contributed by atoms with Crippen LogP contribution in [-0.2, 0) is 0 Å². The van der Waals surface area contributed by atoms with E-state index in [1.807, 2.05) is 19.1 Å². The molecule has 0 aliphatic heterocycles. The third-order valence-corrected chi connectivity index (χ3v) is 3.70. The second kappa shape index (κ2) is 4.87.